The molecule has 9 aromatic rings. The van der Waals surface area contributed by atoms with E-state index in [-0.39, 0.29) is 0 Å². The van der Waals surface area contributed by atoms with Crippen molar-refractivity contribution < 1.29 is 0 Å². The Morgan fingerprint density at radius 3 is 1.56 bits per heavy atom. The summed E-state index contributed by atoms with van der Waals surface area (Å²) in [5, 5.41) is 6.22. The maximum absolute atomic E-state index is 5.21. The Balaban J connectivity index is 1.30. The highest BCUT2D eigenvalue weighted by molar-refractivity contribution is 7.25. The molecule has 0 radical (unpaired) electrons. The number of para-hydroxylation sites is 3. The molecular formula is C35H21N3S. The van der Waals surface area contributed by atoms with E-state index in [1.165, 1.54) is 48.2 Å². The fourth-order valence-electron chi connectivity index (χ4n) is 6.24. The van der Waals surface area contributed by atoms with Gasteiger partial charge in [0.25, 0.3) is 0 Å². The van der Waals surface area contributed by atoms with Crippen molar-refractivity contribution >= 4 is 75.4 Å². The van der Waals surface area contributed by atoms with Crippen LogP contribution in [0.1, 0.15) is 0 Å². The standard InChI is InChI=1S/C35H21N3S/c1-5-13-29-24(9-1)25-10-2-6-14-30(25)37(29)22-17-19-23(20-18-22)38-31-15-7-3-12-27(31)34-32(38)21-28-26-11-4-8-16-33(26)39-35(28)36-34/h1-21H. The molecule has 39 heavy (non-hydrogen) atoms. The number of hydrogen-bond donors (Lipinski definition) is 0. The third-order valence-corrected chi connectivity index (χ3v) is 9.02. The van der Waals surface area contributed by atoms with Gasteiger partial charge in [0.1, 0.15) is 4.83 Å². The average Bonchev–Trinajstić information content (AvgIpc) is 3.63. The molecule has 0 unspecified atom stereocenters. The van der Waals surface area contributed by atoms with Gasteiger partial charge in [0, 0.05) is 43.0 Å². The highest BCUT2D eigenvalue weighted by Crippen LogP contribution is 2.39. The Kier molecular flexibility index (Phi) is 4.21. The highest BCUT2D eigenvalue weighted by atomic mass is 32.1. The number of pyridine rings is 1. The molecule has 0 atom stereocenters. The summed E-state index contributed by atoms with van der Waals surface area (Å²) in [4.78, 5) is 6.30. The summed E-state index contributed by atoms with van der Waals surface area (Å²) in [6.45, 7) is 0. The van der Waals surface area contributed by atoms with E-state index in [9.17, 15) is 0 Å². The van der Waals surface area contributed by atoms with Crippen molar-refractivity contribution in [3.05, 3.63) is 127 Å². The average molecular weight is 516 g/mol. The fourth-order valence-corrected chi connectivity index (χ4v) is 7.29. The fraction of sp³-hybridized carbons (Fsp3) is 0. The molecule has 0 bridgehead atoms. The van der Waals surface area contributed by atoms with Crippen LogP contribution >= 0.6 is 11.3 Å². The van der Waals surface area contributed by atoms with Crippen LogP contribution in [-0.2, 0) is 0 Å². The van der Waals surface area contributed by atoms with Crippen molar-refractivity contribution in [3.8, 4) is 11.4 Å². The molecule has 0 aliphatic heterocycles. The summed E-state index contributed by atoms with van der Waals surface area (Å²) in [6.07, 6.45) is 0. The molecule has 4 aromatic heterocycles. The van der Waals surface area contributed by atoms with Crippen molar-refractivity contribution in [2.45, 2.75) is 0 Å². The number of thiophene rings is 1. The van der Waals surface area contributed by atoms with Crippen molar-refractivity contribution in [1.82, 2.24) is 14.1 Å². The van der Waals surface area contributed by atoms with E-state index in [0.29, 0.717) is 0 Å². The third-order valence-electron chi connectivity index (χ3n) is 7.94. The minimum absolute atomic E-state index is 1.05. The number of benzene rings is 5. The summed E-state index contributed by atoms with van der Waals surface area (Å²) in [7, 11) is 0. The number of hydrogen-bond acceptors (Lipinski definition) is 2. The van der Waals surface area contributed by atoms with Gasteiger partial charge >= 0.3 is 0 Å². The monoisotopic (exact) mass is 515 g/mol. The SMILES string of the molecule is c1ccc2c(c1)sc1nc3c4ccccc4n(-c4ccc(-n5c6ccccc6c6ccccc65)cc4)c3cc12. The molecule has 3 nitrogen and oxygen atoms in total. The van der Waals surface area contributed by atoms with E-state index in [4.69, 9.17) is 4.98 Å². The van der Waals surface area contributed by atoms with Crippen molar-refractivity contribution in [3.63, 3.8) is 0 Å². The molecular weight excluding hydrogens is 494 g/mol. The third kappa shape index (κ3) is 2.89. The van der Waals surface area contributed by atoms with Gasteiger partial charge < -0.3 is 9.13 Å². The summed E-state index contributed by atoms with van der Waals surface area (Å²) >= 11 is 1.77. The maximum atomic E-state index is 5.21. The molecule has 0 saturated carbocycles. The van der Waals surface area contributed by atoms with Gasteiger partial charge in [0.05, 0.1) is 27.6 Å². The Morgan fingerprint density at radius 1 is 0.436 bits per heavy atom. The minimum atomic E-state index is 1.05. The Morgan fingerprint density at radius 2 is 0.923 bits per heavy atom. The summed E-state index contributed by atoms with van der Waals surface area (Å²) < 4.78 is 6.00. The summed E-state index contributed by atoms with van der Waals surface area (Å²) in [6, 6.07) is 45.8. The second-order valence-corrected chi connectivity index (χ2v) is 11.1. The van der Waals surface area contributed by atoms with Gasteiger partial charge in [0.15, 0.2) is 0 Å². The molecule has 5 aromatic carbocycles. The lowest BCUT2D eigenvalue weighted by atomic mass is 10.2. The zero-order valence-corrected chi connectivity index (χ0v) is 21.7. The maximum Gasteiger partial charge on any atom is 0.125 e. The minimum Gasteiger partial charge on any atom is -0.309 e. The first-order valence-electron chi connectivity index (χ1n) is 13.2. The van der Waals surface area contributed by atoms with E-state index < -0.39 is 0 Å². The quantitative estimate of drug-likeness (QED) is 0.225. The normalized spacial score (nSPS) is 12.1. The molecule has 0 saturated heterocycles. The lowest BCUT2D eigenvalue weighted by Gasteiger charge is -2.11. The second-order valence-electron chi connectivity index (χ2n) is 10.0. The largest absolute Gasteiger partial charge is 0.309 e. The molecule has 182 valence electrons. The van der Waals surface area contributed by atoms with Crippen LogP contribution in [0.4, 0.5) is 0 Å². The number of aromatic nitrogens is 3. The van der Waals surface area contributed by atoms with Crippen LogP contribution in [0.3, 0.4) is 0 Å². The molecule has 0 spiro atoms. The van der Waals surface area contributed by atoms with Crippen molar-refractivity contribution in [2.24, 2.45) is 0 Å². The second kappa shape index (κ2) is 7.79. The predicted molar refractivity (Wildman–Crippen MR) is 166 cm³/mol. The first-order valence-corrected chi connectivity index (χ1v) is 14.0. The van der Waals surface area contributed by atoms with E-state index in [1.54, 1.807) is 11.3 Å². The van der Waals surface area contributed by atoms with Crippen LogP contribution in [0, 0.1) is 0 Å². The van der Waals surface area contributed by atoms with Crippen LogP contribution in [0.2, 0.25) is 0 Å². The smallest absolute Gasteiger partial charge is 0.125 e. The Labute approximate surface area is 227 Å². The van der Waals surface area contributed by atoms with E-state index in [1.807, 2.05) is 0 Å². The van der Waals surface area contributed by atoms with Gasteiger partial charge in [-0.2, -0.15) is 0 Å². The Hall–Kier alpha value is -4.93. The lowest BCUT2D eigenvalue weighted by molar-refractivity contribution is 1.14. The van der Waals surface area contributed by atoms with Crippen molar-refractivity contribution in [2.75, 3.05) is 0 Å². The van der Waals surface area contributed by atoms with Gasteiger partial charge in [-0.05, 0) is 54.6 Å². The van der Waals surface area contributed by atoms with Crippen LogP contribution < -0.4 is 0 Å². The predicted octanol–water partition coefficient (Wildman–Crippen LogP) is 9.64. The first kappa shape index (κ1) is 21.1. The first-order chi connectivity index (χ1) is 19.3. The molecule has 0 aliphatic rings. The van der Waals surface area contributed by atoms with Crippen LogP contribution in [0.25, 0.3) is 75.4 Å². The van der Waals surface area contributed by atoms with Gasteiger partial charge in [-0.25, -0.2) is 4.98 Å². The molecule has 0 aliphatic carbocycles. The number of fused-ring (bicyclic) bond motifs is 9. The van der Waals surface area contributed by atoms with Crippen LogP contribution in [-0.4, -0.2) is 14.1 Å². The van der Waals surface area contributed by atoms with Gasteiger partial charge in [-0.3, -0.25) is 0 Å². The zero-order chi connectivity index (χ0) is 25.5. The van der Waals surface area contributed by atoms with Crippen LogP contribution in [0.5, 0.6) is 0 Å². The number of rotatable bonds is 2. The lowest BCUT2D eigenvalue weighted by Crippen LogP contribution is -1.97. The van der Waals surface area contributed by atoms with Crippen LogP contribution in [0.15, 0.2) is 127 Å². The van der Waals surface area contributed by atoms with Gasteiger partial charge in [0.2, 0.25) is 0 Å². The van der Waals surface area contributed by atoms with Gasteiger partial charge in [-0.15, -0.1) is 11.3 Å². The molecule has 0 amide bonds. The highest BCUT2D eigenvalue weighted by Gasteiger charge is 2.17. The Bertz CT molecular complexity index is 2330. The molecule has 9 rings (SSSR count). The van der Waals surface area contributed by atoms with Gasteiger partial charge in [-0.1, -0.05) is 72.8 Å². The van der Waals surface area contributed by atoms with Crippen molar-refractivity contribution in [1.29, 1.82) is 0 Å². The summed E-state index contributed by atoms with van der Waals surface area (Å²) in [5.74, 6) is 0. The van der Waals surface area contributed by atoms with E-state index in [0.717, 1.165) is 27.2 Å². The van der Waals surface area contributed by atoms with E-state index >= 15 is 0 Å². The molecule has 0 fully saturated rings. The molecule has 4 heterocycles. The van der Waals surface area contributed by atoms with E-state index in [2.05, 4.69) is 137 Å². The summed E-state index contributed by atoms with van der Waals surface area (Å²) in [5.41, 5.74) is 8.09. The molecule has 0 N–H and O–H groups in total. The topological polar surface area (TPSA) is 22.8 Å². The molecule has 4 heteroatoms. The number of nitrogens with zero attached hydrogens (tertiary/aromatic N) is 3. The zero-order valence-electron chi connectivity index (χ0n) is 20.9.